The summed E-state index contributed by atoms with van der Waals surface area (Å²) in [5.41, 5.74) is 4.38. The first-order valence-corrected chi connectivity index (χ1v) is 9.31. The molecule has 0 bridgehead atoms. The molecule has 1 fully saturated rings. The van der Waals surface area contributed by atoms with Gasteiger partial charge in [-0.15, -0.1) is 0 Å². The van der Waals surface area contributed by atoms with E-state index < -0.39 is 12.1 Å². The summed E-state index contributed by atoms with van der Waals surface area (Å²) >= 11 is 7.41. The number of aliphatic hydroxyl groups is 1. The molecule has 148 valence electrons. The Labute approximate surface area is 164 Å². The van der Waals surface area contributed by atoms with Crippen molar-refractivity contribution in [3.63, 3.8) is 0 Å². The van der Waals surface area contributed by atoms with E-state index in [9.17, 15) is 5.11 Å². The smallest absolute Gasteiger partial charge is 0.213 e. The molecule has 26 heavy (non-hydrogen) atoms. The van der Waals surface area contributed by atoms with E-state index in [2.05, 4.69) is 21.0 Å². The van der Waals surface area contributed by atoms with Gasteiger partial charge in [-0.2, -0.15) is 0 Å². The number of allylic oxidation sites excluding steroid dienone is 1. The molecule has 0 aliphatic heterocycles. The average Bonchev–Trinajstić information content (AvgIpc) is 3.10. The minimum absolute atomic E-state index is 0.227. The molecule has 1 aliphatic carbocycles. The lowest BCUT2D eigenvalue weighted by Crippen LogP contribution is -2.34. The van der Waals surface area contributed by atoms with Crippen LogP contribution in [0.1, 0.15) is 39.4 Å². The van der Waals surface area contributed by atoms with Crippen LogP contribution in [0.25, 0.3) is 5.03 Å². The van der Waals surface area contributed by atoms with Gasteiger partial charge in [-0.05, 0) is 51.6 Å². The fourth-order valence-electron chi connectivity index (χ4n) is 1.61. The van der Waals surface area contributed by atoms with Gasteiger partial charge in [0.05, 0.1) is 10.6 Å². The van der Waals surface area contributed by atoms with E-state index in [1.54, 1.807) is 12.3 Å². The van der Waals surface area contributed by atoms with Gasteiger partial charge in [-0.3, -0.25) is 5.73 Å². The average molecular weight is 405 g/mol. The van der Waals surface area contributed by atoms with Crippen LogP contribution >= 0.6 is 23.5 Å². The molecule has 9 heteroatoms. The summed E-state index contributed by atoms with van der Waals surface area (Å²) in [7, 11) is 3.38. The number of hydrogen-bond donors (Lipinski definition) is 3. The predicted octanol–water partition coefficient (Wildman–Crippen LogP) is 2.92. The Morgan fingerprint density at radius 3 is 2.58 bits per heavy atom. The van der Waals surface area contributed by atoms with E-state index in [0.717, 1.165) is 17.7 Å². The highest BCUT2D eigenvalue weighted by Crippen LogP contribution is 2.35. The van der Waals surface area contributed by atoms with E-state index in [1.165, 1.54) is 19.1 Å². The summed E-state index contributed by atoms with van der Waals surface area (Å²) < 4.78 is 14.6. The molecule has 1 aliphatic rings. The van der Waals surface area contributed by atoms with Crippen molar-refractivity contribution in [3.05, 3.63) is 35.8 Å². The largest absolute Gasteiger partial charge is 0.375 e. The molecule has 1 atom stereocenters. The van der Waals surface area contributed by atoms with Crippen molar-refractivity contribution in [1.29, 1.82) is 0 Å². The number of aromatic nitrogens is 2. The van der Waals surface area contributed by atoms with Gasteiger partial charge >= 0.3 is 0 Å². The van der Waals surface area contributed by atoms with Gasteiger partial charge in [-0.1, -0.05) is 18.2 Å². The SMILES string of the molecule is C=C(/C=C(/Cl)c1nccn1C)SNC1(O)CC1.COC(N)OC(C)(C)C. The molecule has 0 amide bonds. The van der Waals surface area contributed by atoms with E-state index in [-0.39, 0.29) is 5.60 Å². The number of rotatable bonds is 7. The second kappa shape index (κ2) is 9.89. The summed E-state index contributed by atoms with van der Waals surface area (Å²) in [5, 5.41) is 10.1. The van der Waals surface area contributed by atoms with Crippen molar-refractivity contribution in [2.24, 2.45) is 12.8 Å². The Morgan fingerprint density at radius 1 is 1.58 bits per heavy atom. The van der Waals surface area contributed by atoms with E-state index in [4.69, 9.17) is 22.1 Å². The molecular weight excluding hydrogens is 376 g/mol. The summed E-state index contributed by atoms with van der Waals surface area (Å²) in [6.07, 6.45) is 6.20. The zero-order valence-electron chi connectivity index (χ0n) is 16.0. The van der Waals surface area contributed by atoms with Crippen LogP contribution in [0.15, 0.2) is 30.0 Å². The first-order valence-electron chi connectivity index (χ1n) is 8.12. The van der Waals surface area contributed by atoms with Crippen LogP contribution < -0.4 is 10.5 Å². The Kier molecular flexibility index (Phi) is 8.81. The third-order valence-electron chi connectivity index (χ3n) is 3.12. The molecule has 1 saturated carbocycles. The minimum Gasteiger partial charge on any atom is -0.375 e. The number of methoxy groups -OCH3 is 1. The number of ether oxygens (including phenoxy) is 2. The van der Waals surface area contributed by atoms with Crippen molar-refractivity contribution in [2.45, 2.75) is 51.4 Å². The number of aryl methyl sites for hydroxylation is 1. The maximum atomic E-state index is 9.60. The molecule has 1 aromatic rings. The molecule has 4 N–H and O–H groups in total. The molecular formula is C17H29ClN4O3S. The Morgan fingerprint density at radius 2 is 2.19 bits per heavy atom. The second-order valence-corrected chi connectivity index (χ2v) is 8.23. The normalized spacial score (nSPS) is 17.3. The fourth-order valence-corrected chi connectivity index (χ4v) is 2.69. The summed E-state index contributed by atoms with van der Waals surface area (Å²) in [4.78, 5) is 4.87. The number of hydrogen-bond acceptors (Lipinski definition) is 7. The maximum absolute atomic E-state index is 9.60. The fraction of sp³-hybridized carbons (Fsp3) is 0.588. The van der Waals surface area contributed by atoms with Crippen LogP contribution in [0, 0.1) is 0 Å². The molecule has 0 spiro atoms. The highest BCUT2D eigenvalue weighted by molar-refractivity contribution is 8.01. The third kappa shape index (κ3) is 9.18. The molecule has 1 aromatic heterocycles. The van der Waals surface area contributed by atoms with Crippen LogP contribution in [-0.2, 0) is 16.5 Å². The number of nitrogens with zero attached hydrogens (tertiary/aromatic N) is 2. The minimum atomic E-state index is -0.711. The molecule has 0 radical (unpaired) electrons. The lowest BCUT2D eigenvalue weighted by atomic mass is 10.2. The van der Waals surface area contributed by atoms with Gasteiger partial charge in [0, 0.05) is 31.5 Å². The lowest BCUT2D eigenvalue weighted by molar-refractivity contribution is -0.178. The molecule has 1 heterocycles. The molecule has 1 unspecified atom stereocenters. The van der Waals surface area contributed by atoms with Crippen LogP contribution in [0.5, 0.6) is 0 Å². The van der Waals surface area contributed by atoms with Crippen molar-refractivity contribution >= 4 is 28.6 Å². The van der Waals surface area contributed by atoms with E-state index in [1.807, 2.05) is 38.6 Å². The zero-order valence-corrected chi connectivity index (χ0v) is 17.5. The summed E-state index contributed by atoms with van der Waals surface area (Å²) in [6.45, 7) is 9.62. The van der Waals surface area contributed by atoms with Crippen molar-refractivity contribution < 1.29 is 14.6 Å². The highest BCUT2D eigenvalue weighted by Gasteiger charge is 2.40. The van der Waals surface area contributed by atoms with E-state index in [0.29, 0.717) is 10.9 Å². The van der Waals surface area contributed by atoms with Crippen LogP contribution in [0.2, 0.25) is 0 Å². The van der Waals surface area contributed by atoms with E-state index >= 15 is 0 Å². The number of nitrogens with two attached hydrogens (primary N) is 1. The van der Waals surface area contributed by atoms with Gasteiger partial charge in [0.1, 0.15) is 5.72 Å². The first kappa shape index (κ1) is 23.2. The molecule has 0 saturated heterocycles. The Balaban J connectivity index is 0.000000321. The Hall–Kier alpha value is -0.870. The van der Waals surface area contributed by atoms with Crippen molar-refractivity contribution in [2.75, 3.05) is 7.11 Å². The topological polar surface area (TPSA) is 94.6 Å². The van der Waals surface area contributed by atoms with Gasteiger partial charge in [0.2, 0.25) is 6.41 Å². The van der Waals surface area contributed by atoms with Crippen LogP contribution in [0.3, 0.4) is 0 Å². The third-order valence-corrected chi connectivity index (χ3v) is 4.26. The van der Waals surface area contributed by atoms with Crippen molar-refractivity contribution in [3.8, 4) is 0 Å². The van der Waals surface area contributed by atoms with Crippen LogP contribution in [0.4, 0.5) is 0 Å². The maximum Gasteiger partial charge on any atom is 0.213 e. The van der Waals surface area contributed by atoms with Crippen molar-refractivity contribution in [1.82, 2.24) is 14.3 Å². The monoisotopic (exact) mass is 404 g/mol. The van der Waals surface area contributed by atoms with Gasteiger partial charge < -0.3 is 19.1 Å². The predicted molar refractivity (Wildman–Crippen MR) is 107 cm³/mol. The molecule has 0 aromatic carbocycles. The quantitative estimate of drug-likeness (QED) is 0.365. The highest BCUT2D eigenvalue weighted by atomic mass is 35.5. The zero-order chi connectivity index (χ0) is 20.0. The summed E-state index contributed by atoms with van der Waals surface area (Å²) in [5.74, 6) is 0.693. The second-order valence-electron chi connectivity index (χ2n) is 6.89. The first-order chi connectivity index (χ1) is 12.0. The lowest BCUT2D eigenvalue weighted by Gasteiger charge is -2.23. The molecule has 2 rings (SSSR count). The van der Waals surface area contributed by atoms with Gasteiger partial charge in [-0.25, -0.2) is 9.71 Å². The van der Waals surface area contributed by atoms with Crippen LogP contribution in [-0.4, -0.2) is 39.5 Å². The standard InChI is InChI=1S/C11H14ClN3OS.C6H15NO2/c1-8(17-14-11(16)3-4-11)7-9(12)10-13-5-6-15(10)2;1-6(2,3)9-5(7)8-4/h5-7,14,16H,1,3-4H2,2H3;5H,7H2,1-4H3/b9-7+;. The number of halogens is 1. The van der Waals surface area contributed by atoms with Gasteiger partial charge in [0.15, 0.2) is 5.82 Å². The Bertz CT molecular complexity index is 624. The van der Waals surface area contributed by atoms with Gasteiger partial charge in [0.25, 0.3) is 0 Å². The summed E-state index contributed by atoms with van der Waals surface area (Å²) in [6, 6.07) is 0. The number of nitrogens with one attached hydrogen (secondary N) is 1. The number of imidazole rings is 1. The molecule has 7 nitrogen and oxygen atoms in total.